The first-order chi connectivity index (χ1) is 12.0. The Balaban J connectivity index is 1.94. The molecule has 0 aromatic heterocycles. The number of anilines is 1. The number of carbonyl (C=O) groups excluding carboxylic acids is 1. The number of nitrogens with zero attached hydrogens (tertiary/aromatic N) is 1. The first-order valence-corrected chi connectivity index (χ1v) is 8.29. The van der Waals surface area contributed by atoms with Crippen molar-refractivity contribution in [3.63, 3.8) is 0 Å². The van der Waals surface area contributed by atoms with Gasteiger partial charge < -0.3 is 15.1 Å². The van der Waals surface area contributed by atoms with E-state index in [0.29, 0.717) is 17.5 Å². The number of rotatable bonds is 9. The van der Waals surface area contributed by atoms with Gasteiger partial charge in [0, 0.05) is 31.3 Å². The van der Waals surface area contributed by atoms with Crippen LogP contribution < -0.4 is 4.90 Å². The van der Waals surface area contributed by atoms with E-state index in [1.807, 2.05) is 30.1 Å². The maximum Gasteiger partial charge on any atom is 0.303 e. The number of carboxylic acids is 1. The Labute approximate surface area is 147 Å². The summed E-state index contributed by atoms with van der Waals surface area (Å²) in [6.45, 7) is 0.748. The highest BCUT2D eigenvalue weighted by molar-refractivity contribution is 5.99. The number of aliphatic hydroxyl groups excluding tert-OH is 1. The van der Waals surface area contributed by atoms with Crippen LogP contribution >= 0.6 is 0 Å². The van der Waals surface area contributed by atoms with Crippen molar-refractivity contribution in [3.05, 3.63) is 65.7 Å². The Kier molecular flexibility index (Phi) is 6.71. The number of aliphatic hydroxyl groups is 1. The van der Waals surface area contributed by atoms with E-state index in [0.717, 1.165) is 18.7 Å². The van der Waals surface area contributed by atoms with Gasteiger partial charge in [-0.25, -0.2) is 0 Å². The van der Waals surface area contributed by atoms with Gasteiger partial charge in [0.25, 0.3) is 0 Å². The summed E-state index contributed by atoms with van der Waals surface area (Å²) in [6, 6.07) is 15.9. The summed E-state index contributed by atoms with van der Waals surface area (Å²) in [5, 5.41) is 18.9. The second-order valence-electron chi connectivity index (χ2n) is 6.00. The van der Waals surface area contributed by atoms with Crippen molar-refractivity contribution < 1.29 is 19.8 Å². The quantitative estimate of drug-likeness (QED) is 0.540. The van der Waals surface area contributed by atoms with E-state index in [-0.39, 0.29) is 12.2 Å². The van der Waals surface area contributed by atoms with E-state index in [4.69, 9.17) is 5.11 Å². The van der Waals surface area contributed by atoms with Gasteiger partial charge in [0.2, 0.25) is 0 Å². The Bertz CT molecular complexity index is 697. The summed E-state index contributed by atoms with van der Waals surface area (Å²) in [7, 11) is 1.93. The van der Waals surface area contributed by atoms with Crippen molar-refractivity contribution in [1.29, 1.82) is 0 Å². The number of hydrogen-bond acceptors (Lipinski definition) is 4. The van der Waals surface area contributed by atoms with Crippen LogP contribution in [-0.2, 0) is 4.79 Å². The van der Waals surface area contributed by atoms with E-state index < -0.39 is 12.1 Å². The highest BCUT2D eigenvalue weighted by Gasteiger charge is 2.19. The minimum Gasteiger partial charge on any atom is -0.481 e. The lowest BCUT2D eigenvalue weighted by Gasteiger charge is -2.20. The predicted molar refractivity (Wildman–Crippen MR) is 96.9 cm³/mol. The highest BCUT2D eigenvalue weighted by Crippen LogP contribution is 2.22. The molecular weight excluding hydrogens is 318 g/mol. The number of carboxylic acid groups (broad SMARTS) is 1. The second-order valence-corrected chi connectivity index (χ2v) is 6.00. The van der Waals surface area contributed by atoms with Crippen LogP contribution in [0.1, 0.15) is 41.3 Å². The molecule has 0 aliphatic rings. The molecule has 25 heavy (non-hydrogen) atoms. The van der Waals surface area contributed by atoms with Crippen molar-refractivity contribution >= 4 is 17.4 Å². The highest BCUT2D eigenvalue weighted by atomic mass is 16.4. The topological polar surface area (TPSA) is 77.8 Å². The number of benzene rings is 2. The molecule has 0 fully saturated rings. The second kappa shape index (κ2) is 8.99. The van der Waals surface area contributed by atoms with E-state index in [9.17, 15) is 14.7 Å². The van der Waals surface area contributed by atoms with Crippen LogP contribution in [0.5, 0.6) is 0 Å². The van der Waals surface area contributed by atoms with Gasteiger partial charge in [0.05, 0.1) is 0 Å². The fourth-order valence-corrected chi connectivity index (χ4v) is 2.58. The van der Waals surface area contributed by atoms with Crippen LogP contribution in [-0.4, -0.2) is 35.6 Å². The zero-order valence-electron chi connectivity index (χ0n) is 14.3. The third-order valence-corrected chi connectivity index (χ3v) is 4.09. The number of unbranched alkanes of at least 4 members (excludes halogenated alkanes) is 1. The van der Waals surface area contributed by atoms with Crippen molar-refractivity contribution in [2.24, 2.45) is 0 Å². The molecule has 0 saturated carbocycles. The molecule has 0 heterocycles. The first kappa shape index (κ1) is 18.7. The monoisotopic (exact) mass is 341 g/mol. The van der Waals surface area contributed by atoms with Crippen molar-refractivity contribution in [1.82, 2.24) is 0 Å². The van der Waals surface area contributed by atoms with Gasteiger partial charge >= 0.3 is 5.97 Å². The molecule has 2 aromatic rings. The van der Waals surface area contributed by atoms with E-state index >= 15 is 0 Å². The molecule has 0 radical (unpaired) electrons. The standard InChI is InChI=1S/C20H23NO4/c1-21(14-6-5-9-18(22)23)17-12-10-16(11-13-17)20(25)19(24)15-7-3-2-4-8-15/h2-4,7-8,10-13,20,25H,5-6,9,14H2,1H3,(H,22,23). The fourth-order valence-electron chi connectivity index (χ4n) is 2.58. The molecule has 132 valence electrons. The molecular formula is C20H23NO4. The lowest BCUT2D eigenvalue weighted by atomic mass is 10.00. The Hall–Kier alpha value is -2.66. The summed E-state index contributed by atoms with van der Waals surface area (Å²) < 4.78 is 0. The largest absolute Gasteiger partial charge is 0.481 e. The summed E-state index contributed by atoms with van der Waals surface area (Å²) in [5.74, 6) is -1.10. The van der Waals surface area contributed by atoms with Crippen LogP contribution in [0.15, 0.2) is 54.6 Å². The van der Waals surface area contributed by atoms with Crippen LogP contribution in [0.25, 0.3) is 0 Å². The predicted octanol–water partition coefficient (Wildman–Crippen LogP) is 3.29. The number of ketones is 1. The van der Waals surface area contributed by atoms with Gasteiger partial charge in [0.15, 0.2) is 5.78 Å². The van der Waals surface area contributed by atoms with Gasteiger partial charge in [-0.1, -0.05) is 42.5 Å². The normalized spacial score (nSPS) is 11.8. The minimum atomic E-state index is -1.18. The fraction of sp³-hybridized carbons (Fsp3) is 0.300. The molecule has 2 N–H and O–H groups in total. The molecule has 0 bridgehead atoms. The molecule has 1 atom stereocenters. The summed E-state index contributed by atoms with van der Waals surface area (Å²) in [5.41, 5.74) is 1.99. The van der Waals surface area contributed by atoms with E-state index in [2.05, 4.69) is 0 Å². The van der Waals surface area contributed by atoms with E-state index in [1.54, 1.807) is 36.4 Å². The van der Waals surface area contributed by atoms with Crippen LogP contribution in [0.4, 0.5) is 5.69 Å². The van der Waals surface area contributed by atoms with Gasteiger partial charge in [-0.3, -0.25) is 9.59 Å². The summed E-state index contributed by atoms with van der Waals surface area (Å²) in [6.07, 6.45) is 0.430. The molecule has 0 aliphatic heterocycles. The van der Waals surface area contributed by atoms with Crippen molar-refractivity contribution in [3.8, 4) is 0 Å². The van der Waals surface area contributed by atoms with Gasteiger partial charge in [0.1, 0.15) is 6.10 Å². The Morgan fingerprint density at radius 1 is 1.00 bits per heavy atom. The van der Waals surface area contributed by atoms with Gasteiger partial charge in [-0.2, -0.15) is 0 Å². The molecule has 0 amide bonds. The van der Waals surface area contributed by atoms with Crippen LogP contribution in [0.3, 0.4) is 0 Å². The van der Waals surface area contributed by atoms with E-state index in [1.165, 1.54) is 0 Å². The summed E-state index contributed by atoms with van der Waals surface area (Å²) >= 11 is 0. The van der Waals surface area contributed by atoms with Gasteiger partial charge in [-0.05, 0) is 30.5 Å². The van der Waals surface area contributed by atoms with Crippen LogP contribution in [0.2, 0.25) is 0 Å². The third kappa shape index (κ3) is 5.43. The molecule has 2 rings (SSSR count). The average molecular weight is 341 g/mol. The van der Waals surface area contributed by atoms with Crippen molar-refractivity contribution in [2.75, 3.05) is 18.5 Å². The Morgan fingerprint density at radius 2 is 1.64 bits per heavy atom. The number of carbonyl (C=O) groups is 2. The molecule has 1 unspecified atom stereocenters. The lowest BCUT2D eigenvalue weighted by Crippen LogP contribution is -2.19. The minimum absolute atomic E-state index is 0.181. The number of Topliss-reactive ketones (excluding diaryl/α,β-unsaturated/α-hetero) is 1. The molecule has 0 aliphatic carbocycles. The zero-order chi connectivity index (χ0) is 18.2. The lowest BCUT2D eigenvalue weighted by molar-refractivity contribution is -0.137. The number of aliphatic carboxylic acids is 1. The van der Waals surface area contributed by atoms with Crippen LogP contribution in [0, 0.1) is 0 Å². The van der Waals surface area contributed by atoms with Gasteiger partial charge in [-0.15, -0.1) is 0 Å². The average Bonchev–Trinajstić information content (AvgIpc) is 2.64. The maximum absolute atomic E-state index is 12.3. The molecule has 5 nitrogen and oxygen atoms in total. The molecule has 2 aromatic carbocycles. The van der Waals surface area contributed by atoms with Crippen molar-refractivity contribution in [2.45, 2.75) is 25.4 Å². The molecule has 5 heteroatoms. The maximum atomic E-state index is 12.3. The summed E-state index contributed by atoms with van der Waals surface area (Å²) in [4.78, 5) is 24.8. The smallest absolute Gasteiger partial charge is 0.303 e. The molecule has 0 saturated heterocycles. The SMILES string of the molecule is CN(CCCCC(=O)O)c1ccc(C(O)C(=O)c2ccccc2)cc1. The third-order valence-electron chi connectivity index (χ3n) is 4.09. The molecule has 0 spiro atoms. The Morgan fingerprint density at radius 3 is 2.24 bits per heavy atom. The first-order valence-electron chi connectivity index (χ1n) is 8.29. The zero-order valence-corrected chi connectivity index (χ0v) is 14.3. The number of hydrogen-bond donors (Lipinski definition) is 2.